The first-order valence-electron chi connectivity index (χ1n) is 7.86. The number of H-pyrrole nitrogens is 1. The molecular formula is C19H11Cl2N3O2S. The third kappa shape index (κ3) is 3.88. The minimum atomic E-state index is -0.355. The normalized spacial score (nSPS) is 14.4. The van der Waals surface area contributed by atoms with Crippen molar-refractivity contribution in [3.8, 4) is 0 Å². The lowest BCUT2D eigenvalue weighted by Gasteiger charge is -2.07. The van der Waals surface area contributed by atoms with E-state index in [1.807, 2.05) is 18.2 Å². The standard InChI is InChI=1S/C19H11Cl2N3O2S/c20-12-7-13(21)9-14(8-12)22-17-16(27-19(26)24-17)6-11-5-10-3-1-2-4-15(10)23-18(11)25/h1-9,22H,(H,24,26)/b11-6-. The summed E-state index contributed by atoms with van der Waals surface area (Å²) in [7, 11) is 0. The highest BCUT2D eigenvalue weighted by Gasteiger charge is 2.14. The predicted molar refractivity (Wildman–Crippen MR) is 109 cm³/mol. The Balaban J connectivity index is 1.75. The van der Waals surface area contributed by atoms with Crippen LogP contribution in [0.2, 0.25) is 10.0 Å². The molecular weight excluding hydrogens is 405 g/mol. The van der Waals surface area contributed by atoms with Crippen molar-refractivity contribution in [3.63, 3.8) is 0 Å². The summed E-state index contributed by atoms with van der Waals surface area (Å²) in [4.78, 5) is 31.3. The monoisotopic (exact) mass is 415 g/mol. The second kappa shape index (κ2) is 7.15. The number of nitrogens with one attached hydrogen (secondary N) is 2. The van der Waals surface area contributed by atoms with Gasteiger partial charge in [0.25, 0.3) is 5.91 Å². The molecule has 27 heavy (non-hydrogen) atoms. The van der Waals surface area contributed by atoms with E-state index in [2.05, 4.69) is 15.3 Å². The van der Waals surface area contributed by atoms with Crippen LogP contribution in [0, 0.1) is 0 Å². The lowest BCUT2D eigenvalue weighted by atomic mass is 10.1. The van der Waals surface area contributed by atoms with E-state index in [0.717, 1.165) is 16.6 Å². The van der Waals surface area contributed by atoms with Gasteiger partial charge in [-0.25, -0.2) is 4.99 Å². The Bertz CT molecular complexity index is 1250. The van der Waals surface area contributed by atoms with Crippen LogP contribution in [0.15, 0.2) is 57.8 Å². The molecule has 0 saturated carbocycles. The number of carbonyl (C=O) groups is 1. The van der Waals surface area contributed by atoms with Gasteiger partial charge in [0.15, 0.2) is 0 Å². The van der Waals surface area contributed by atoms with E-state index in [4.69, 9.17) is 23.2 Å². The Labute approximate surface area is 167 Å². The number of carbonyl (C=O) groups excluding carboxylic acids is 1. The molecule has 0 fully saturated rings. The van der Waals surface area contributed by atoms with Gasteiger partial charge in [-0.2, -0.15) is 0 Å². The van der Waals surface area contributed by atoms with Gasteiger partial charge in [0.2, 0.25) is 0 Å². The van der Waals surface area contributed by atoms with Crippen molar-refractivity contribution in [2.45, 2.75) is 0 Å². The van der Waals surface area contributed by atoms with Gasteiger partial charge in [-0.05, 0) is 36.4 Å². The van der Waals surface area contributed by atoms with Crippen LogP contribution in [0.1, 0.15) is 4.88 Å². The number of amides is 1. The molecule has 2 heterocycles. The third-order valence-electron chi connectivity index (χ3n) is 3.81. The van der Waals surface area contributed by atoms with Crippen molar-refractivity contribution in [2.24, 2.45) is 4.99 Å². The minimum Gasteiger partial charge on any atom is -0.340 e. The van der Waals surface area contributed by atoms with Crippen molar-refractivity contribution >= 4 is 64.1 Å². The van der Waals surface area contributed by atoms with E-state index in [1.54, 1.807) is 36.4 Å². The Hall–Kier alpha value is -2.67. The second-order valence-corrected chi connectivity index (χ2v) is 7.64. The number of anilines is 2. The number of thiazole rings is 1. The lowest BCUT2D eigenvalue weighted by molar-refractivity contribution is -0.114. The van der Waals surface area contributed by atoms with Crippen LogP contribution >= 0.6 is 34.5 Å². The van der Waals surface area contributed by atoms with Crippen molar-refractivity contribution in [1.82, 2.24) is 4.98 Å². The van der Waals surface area contributed by atoms with E-state index < -0.39 is 0 Å². The molecule has 2 aromatic carbocycles. The van der Waals surface area contributed by atoms with Gasteiger partial charge in [0, 0.05) is 26.5 Å². The molecule has 8 heteroatoms. The third-order valence-corrected chi connectivity index (χ3v) is 5.08. The maximum Gasteiger partial charge on any atom is 0.306 e. The van der Waals surface area contributed by atoms with Gasteiger partial charge in [0.05, 0.1) is 10.2 Å². The molecule has 0 bridgehead atoms. The van der Waals surface area contributed by atoms with Crippen molar-refractivity contribution < 1.29 is 4.79 Å². The fourth-order valence-electron chi connectivity index (χ4n) is 2.66. The first-order chi connectivity index (χ1) is 13.0. The van der Waals surface area contributed by atoms with Crippen LogP contribution in [0.5, 0.6) is 0 Å². The zero-order valence-corrected chi connectivity index (χ0v) is 16.0. The molecule has 0 saturated heterocycles. The average Bonchev–Trinajstić information content (AvgIpc) is 2.93. The van der Waals surface area contributed by atoms with Gasteiger partial charge in [0.1, 0.15) is 5.82 Å². The number of rotatable bonds is 3. The van der Waals surface area contributed by atoms with Gasteiger partial charge in [-0.1, -0.05) is 52.7 Å². The number of halogens is 2. The summed E-state index contributed by atoms with van der Waals surface area (Å²) >= 11 is 13.0. The van der Waals surface area contributed by atoms with Gasteiger partial charge < -0.3 is 5.32 Å². The summed E-state index contributed by atoms with van der Waals surface area (Å²) in [6.07, 6.45) is 3.40. The van der Waals surface area contributed by atoms with Crippen LogP contribution in [-0.2, 0) is 4.79 Å². The number of benzene rings is 2. The zero-order chi connectivity index (χ0) is 19.0. The summed E-state index contributed by atoms with van der Waals surface area (Å²) < 4.78 is 0. The van der Waals surface area contributed by atoms with E-state index in [-0.39, 0.29) is 10.8 Å². The van der Waals surface area contributed by atoms with Gasteiger partial charge in [-0.3, -0.25) is 14.6 Å². The molecule has 134 valence electrons. The largest absolute Gasteiger partial charge is 0.340 e. The number of nitrogens with zero attached hydrogens (tertiary/aromatic N) is 1. The minimum absolute atomic E-state index is 0.252. The summed E-state index contributed by atoms with van der Waals surface area (Å²) in [6.45, 7) is 0. The summed E-state index contributed by atoms with van der Waals surface area (Å²) in [5.74, 6) is 0.0993. The molecule has 1 amide bonds. The van der Waals surface area contributed by atoms with Gasteiger partial charge >= 0.3 is 4.87 Å². The molecule has 1 aromatic heterocycles. The Morgan fingerprint density at radius 3 is 2.59 bits per heavy atom. The zero-order valence-electron chi connectivity index (χ0n) is 13.6. The number of hydrogen-bond acceptors (Lipinski definition) is 4. The lowest BCUT2D eigenvalue weighted by Crippen LogP contribution is -2.29. The maximum atomic E-state index is 12.3. The Kier molecular flexibility index (Phi) is 4.70. The molecule has 5 nitrogen and oxygen atoms in total. The number of aromatic nitrogens is 1. The van der Waals surface area contributed by atoms with Gasteiger partial charge in [-0.15, -0.1) is 0 Å². The maximum absolute atomic E-state index is 12.3. The van der Waals surface area contributed by atoms with Crippen LogP contribution in [0.3, 0.4) is 0 Å². The Morgan fingerprint density at radius 1 is 1.07 bits per heavy atom. The first kappa shape index (κ1) is 17.7. The van der Waals surface area contributed by atoms with E-state index in [1.165, 1.54) is 0 Å². The summed E-state index contributed by atoms with van der Waals surface area (Å²) in [6, 6.07) is 12.4. The van der Waals surface area contributed by atoms with E-state index >= 15 is 0 Å². The number of aromatic amines is 1. The smallest absolute Gasteiger partial charge is 0.306 e. The first-order valence-corrected chi connectivity index (χ1v) is 9.43. The number of para-hydroxylation sites is 1. The molecule has 0 unspecified atom stereocenters. The molecule has 0 aliphatic carbocycles. The van der Waals surface area contributed by atoms with Crippen molar-refractivity contribution in [1.29, 1.82) is 0 Å². The Morgan fingerprint density at radius 2 is 1.81 bits per heavy atom. The van der Waals surface area contributed by atoms with E-state index in [0.29, 0.717) is 37.4 Å². The number of fused-ring (bicyclic) bond motifs is 1. The highest BCUT2D eigenvalue weighted by atomic mass is 35.5. The predicted octanol–water partition coefficient (Wildman–Crippen LogP) is 3.51. The quantitative estimate of drug-likeness (QED) is 0.642. The molecule has 0 atom stereocenters. The second-order valence-electron chi connectivity index (χ2n) is 5.76. The van der Waals surface area contributed by atoms with Crippen molar-refractivity contribution in [3.05, 3.63) is 83.2 Å². The van der Waals surface area contributed by atoms with Crippen LogP contribution < -0.4 is 20.8 Å². The summed E-state index contributed by atoms with van der Waals surface area (Å²) in [5.41, 5.74) is 1.02. The van der Waals surface area contributed by atoms with E-state index in [9.17, 15) is 9.59 Å². The molecule has 3 aromatic rings. The SMILES string of the molecule is O=C1N=c2ccccc2=C/C1=C/c1sc(=O)[nH]c1Nc1cc(Cl)cc(Cl)c1. The topological polar surface area (TPSA) is 74.3 Å². The van der Waals surface area contributed by atoms with Crippen LogP contribution in [0.25, 0.3) is 12.2 Å². The molecule has 1 aliphatic heterocycles. The molecule has 4 rings (SSSR count). The molecule has 1 aliphatic rings. The molecule has 0 radical (unpaired) electrons. The van der Waals surface area contributed by atoms with Crippen LogP contribution in [0.4, 0.5) is 11.5 Å². The van der Waals surface area contributed by atoms with Crippen molar-refractivity contribution in [2.75, 3.05) is 5.32 Å². The fraction of sp³-hybridized carbons (Fsp3) is 0. The fourth-order valence-corrected chi connectivity index (χ4v) is 3.93. The number of hydrogen-bond donors (Lipinski definition) is 2. The molecule has 2 N–H and O–H groups in total. The molecule has 0 spiro atoms. The highest BCUT2D eigenvalue weighted by molar-refractivity contribution is 7.10. The highest BCUT2D eigenvalue weighted by Crippen LogP contribution is 2.28. The van der Waals surface area contributed by atoms with Crippen LogP contribution in [-0.4, -0.2) is 10.9 Å². The average molecular weight is 416 g/mol. The summed E-state index contributed by atoms with van der Waals surface area (Å²) in [5, 5.41) is 5.50.